The summed E-state index contributed by atoms with van der Waals surface area (Å²) in [6, 6.07) is 3.22. The van der Waals surface area contributed by atoms with Crippen LogP contribution in [0.15, 0.2) is 23.1 Å². The first kappa shape index (κ1) is 7.06. The van der Waals surface area contributed by atoms with Gasteiger partial charge in [-0.05, 0) is 13.8 Å². The minimum atomic E-state index is 0.0854. The van der Waals surface area contributed by atoms with Crippen LogP contribution in [0.3, 0.4) is 0 Å². The van der Waals surface area contributed by atoms with Gasteiger partial charge in [0.25, 0.3) is 0 Å². The number of rotatable bonds is 1. The molecule has 0 amide bonds. The zero-order valence-electron chi connectivity index (χ0n) is 6.29. The summed E-state index contributed by atoms with van der Waals surface area (Å²) in [5.41, 5.74) is 1.11. The molecule has 0 aromatic carbocycles. The highest BCUT2D eigenvalue weighted by Crippen LogP contribution is 1.92. The van der Waals surface area contributed by atoms with E-state index in [9.17, 15) is 4.79 Å². The average Bonchev–Trinajstić information content (AvgIpc) is 1.88. The van der Waals surface area contributed by atoms with Gasteiger partial charge in [0, 0.05) is 30.6 Å². The van der Waals surface area contributed by atoms with Crippen molar-refractivity contribution in [3.05, 3.63) is 34.2 Å². The molecule has 1 aromatic heterocycles. The molecule has 0 radical (unpaired) electrons. The van der Waals surface area contributed by atoms with Crippen LogP contribution in [0.1, 0.15) is 12.6 Å². The molecule has 0 N–H and O–H groups in total. The summed E-state index contributed by atoms with van der Waals surface area (Å²) in [5.74, 6) is 0. The van der Waals surface area contributed by atoms with Gasteiger partial charge in [-0.15, -0.1) is 0 Å². The molecule has 10 heavy (non-hydrogen) atoms. The predicted molar refractivity (Wildman–Crippen MR) is 41.1 cm³/mol. The van der Waals surface area contributed by atoms with E-state index in [1.165, 1.54) is 0 Å². The van der Waals surface area contributed by atoms with Crippen molar-refractivity contribution in [3.63, 3.8) is 0 Å². The van der Waals surface area contributed by atoms with Gasteiger partial charge in [-0.25, -0.2) is 0 Å². The van der Waals surface area contributed by atoms with Crippen LogP contribution < -0.4 is 5.43 Å². The summed E-state index contributed by atoms with van der Waals surface area (Å²) in [6.07, 6.45) is 1.82. The van der Waals surface area contributed by atoms with Crippen LogP contribution in [0.2, 0.25) is 0 Å². The molecule has 0 aliphatic heterocycles. The molecule has 1 rings (SSSR count). The van der Waals surface area contributed by atoms with Gasteiger partial charge in [0.05, 0.1) is 0 Å². The third-order valence-electron chi connectivity index (χ3n) is 1.56. The second-order valence-electron chi connectivity index (χ2n) is 2.29. The minimum absolute atomic E-state index is 0.0854. The lowest BCUT2D eigenvalue weighted by molar-refractivity contribution is 0.726. The maximum atomic E-state index is 10.7. The summed E-state index contributed by atoms with van der Waals surface area (Å²) in [4.78, 5) is 10.7. The molecule has 54 valence electrons. The van der Waals surface area contributed by atoms with Gasteiger partial charge in [-0.3, -0.25) is 4.79 Å². The first-order chi connectivity index (χ1) is 4.74. The van der Waals surface area contributed by atoms with Gasteiger partial charge in [0.2, 0.25) is 0 Å². The summed E-state index contributed by atoms with van der Waals surface area (Å²) in [6.45, 7) is 4.91. The largest absolute Gasteiger partial charge is 0.352 e. The maximum absolute atomic E-state index is 10.7. The normalized spacial score (nSPS) is 9.80. The zero-order chi connectivity index (χ0) is 7.56. The number of aryl methyl sites for hydroxylation is 2. The molecule has 0 saturated carbocycles. The fourth-order valence-corrected chi connectivity index (χ4v) is 0.973. The Bertz CT molecular complexity index is 275. The van der Waals surface area contributed by atoms with Gasteiger partial charge in [-0.2, -0.15) is 0 Å². The van der Waals surface area contributed by atoms with E-state index in [0.29, 0.717) is 0 Å². The van der Waals surface area contributed by atoms with Crippen LogP contribution in [0.25, 0.3) is 0 Å². The predicted octanol–water partition coefficient (Wildman–Crippen LogP) is 1.18. The molecule has 0 unspecified atom stereocenters. The number of nitrogens with zero attached hydrogens (tertiary/aromatic N) is 1. The van der Waals surface area contributed by atoms with Crippen molar-refractivity contribution >= 4 is 0 Å². The van der Waals surface area contributed by atoms with E-state index in [1.54, 1.807) is 12.1 Å². The number of pyridine rings is 1. The number of hydrogen-bond donors (Lipinski definition) is 0. The Labute approximate surface area is 60.1 Å². The van der Waals surface area contributed by atoms with Crippen LogP contribution in [0.4, 0.5) is 0 Å². The fraction of sp³-hybridized carbons (Fsp3) is 0.375. The van der Waals surface area contributed by atoms with Crippen molar-refractivity contribution in [1.82, 2.24) is 4.57 Å². The molecule has 2 nitrogen and oxygen atoms in total. The van der Waals surface area contributed by atoms with Gasteiger partial charge in [0.1, 0.15) is 0 Å². The highest BCUT2D eigenvalue weighted by atomic mass is 16.1. The molecule has 0 atom stereocenters. The average molecular weight is 137 g/mol. The van der Waals surface area contributed by atoms with E-state index in [2.05, 4.69) is 6.92 Å². The molecule has 0 spiro atoms. The molecule has 0 aliphatic rings. The second-order valence-corrected chi connectivity index (χ2v) is 2.29. The summed E-state index contributed by atoms with van der Waals surface area (Å²) in [5, 5.41) is 0. The van der Waals surface area contributed by atoms with Gasteiger partial charge < -0.3 is 4.57 Å². The lowest BCUT2D eigenvalue weighted by Crippen LogP contribution is -2.06. The molecular formula is C8H11NO. The van der Waals surface area contributed by atoms with Crippen molar-refractivity contribution in [2.45, 2.75) is 20.4 Å². The van der Waals surface area contributed by atoms with Gasteiger partial charge >= 0.3 is 0 Å². The fourth-order valence-electron chi connectivity index (χ4n) is 0.973. The van der Waals surface area contributed by atoms with Gasteiger partial charge in [0.15, 0.2) is 5.43 Å². The van der Waals surface area contributed by atoms with E-state index in [-0.39, 0.29) is 5.43 Å². The third kappa shape index (κ3) is 1.26. The molecular weight excluding hydrogens is 126 g/mol. The van der Waals surface area contributed by atoms with E-state index in [4.69, 9.17) is 0 Å². The second kappa shape index (κ2) is 2.69. The monoisotopic (exact) mass is 137 g/mol. The lowest BCUT2D eigenvalue weighted by atomic mass is 10.3. The maximum Gasteiger partial charge on any atom is 0.181 e. The van der Waals surface area contributed by atoms with Crippen molar-refractivity contribution in [2.24, 2.45) is 0 Å². The highest BCUT2D eigenvalue weighted by molar-refractivity contribution is 5.04. The topological polar surface area (TPSA) is 22.0 Å². The molecule has 2 heteroatoms. The smallest absolute Gasteiger partial charge is 0.181 e. The summed E-state index contributed by atoms with van der Waals surface area (Å²) in [7, 11) is 0. The Hall–Kier alpha value is -1.05. The van der Waals surface area contributed by atoms with E-state index in [1.807, 2.05) is 17.7 Å². The zero-order valence-corrected chi connectivity index (χ0v) is 6.29. The molecule has 1 heterocycles. The molecule has 0 aliphatic carbocycles. The van der Waals surface area contributed by atoms with Crippen LogP contribution in [0.5, 0.6) is 0 Å². The molecule has 0 bridgehead atoms. The van der Waals surface area contributed by atoms with Crippen LogP contribution in [-0.4, -0.2) is 4.57 Å². The summed E-state index contributed by atoms with van der Waals surface area (Å²) < 4.78 is 2.03. The first-order valence-corrected chi connectivity index (χ1v) is 3.41. The third-order valence-corrected chi connectivity index (χ3v) is 1.56. The Morgan fingerprint density at radius 2 is 2.30 bits per heavy atom. The summed E-state index contributed by atoms with van der Waals surface area (Å²) >= 11 is 0. The Morgan fingerprint density at radius 3 is 2.80 bits per heavy atom. The van der Waals surface area contributed by atoms with Crippen LogP contribution in [-0.2, 0) is 6.54 Å². The standard InChI is InChI=1S/C8H11NO/c1-3-9-5-4-8(10)6-7(9)2/h4-6H,3H2,1-2H3. The van der Waals surface area contributed by atoms with E-state index >= 15 is 0 Å². The number of hydrogen-bond acceptors (Lipinski definition) is 1. The van der Waals surface area contributed by atoms with Crippen molar-refractivity contribution in [2.75, 3.05) is 0 Å². The lowest BCUT2D eigenvalue weighted by Gasteiger charge is -2.04. The van der Waals surface area contributed by atoms with Crippen molar-refractivity contribution < 1.29 is 0 Å². The Kier molecular flexibility index (Phi) is 1.90. The molecule has 0 saturated heterocycles. The minimum Gasteiger partial charge on any atom is -0.352 e. The number of aromatic nitrogens is 1. The van der Waals surface area contributed by atoms with Crippen LogP contribution in [0, 0.1) is 6.92 Å². The quantitative estimate of drug-likeness (QED) is 0.569. The van der Waals surface area contributed by atoms with E-state index in [0.717, 1.165) is 12.2 Å². The molecule has 1 aromatic rings. The Morgan fingerprint density at radius 1 is 1.60 bits per heavy atom. The highest BCUT2D eigenvalue weighted by Gasteiger charge is 1.90. The van der Waals surface area contributed by atoms with Crippen molar-refractivity contribution in [1.29, 1.82) is 0 Å². The Balaban J connectivity index is 3.19. The van der Waals surface area contributed by atoms with Crippen LogP contribution >= 0.6 is 0 Å². The van der Waals surface area contributed by atoms with E-state index < -0.39 is 0 Å². The SMILES string of the molecule is CCn1ccc(=O)cc1C. The van der Waals surface area contributed by atoms with Crippen molar-refractivity contribution in [3.8, 4) is 0 Å². The van der Waals surface area contributed by atoms with Gasteiger partial charge in [-0.1, -0.05) is 0 Å². The first-order valence-electron chi connectivity index (χ1n) is 3.41. The molecule has 0 fully saturated rings.